The lowest BCUT2D eigenvalue weighted by Crippen LogP contribution is -2.15. The van der Waals surface area contributed by atoms with Crippen molar-refractivity contribution in [3.63, 3.8) is 0 Å². The molecule has 0 amide bonds. The zero-order valence-electron chi connectivity index (χ0n) is 6.80. The maximum Gasteiger partial charge on any atom is 0.306 e. The van der Waals surface area contributed by atoms with Gasteiger partial charge >= 0.3 is 5.97 Å². The van der Waals surface area contributed by atoms with Gasteiger partial charge in [0.25, 0.3) is 0 Å². The van der Waals surface area contributed by atoms with Crippen LogP contribution in [0.2, 0.25) is 0 Å². The largest absolute Gasteiger partial charge is 0.481 e. The topological polar surface area (TPSA) is 94.8 Å². The summed E-state index contributed by atoms with van der Waals surface area (Å²) < 4.78 is 11.1. The molecule has 0 aromatic carbocycles. The normalized spacial score (nSPS) is 18.2. The average Bonchev–Trinajstić information content (AvgIpc) is 1.85. The van der Waals surface area contributed by atoms with Gasteiger partial charge in [-0.2, -0.15) is 0 Å². The molecule has 0 heterocycles. The van der Waals surface area contributed by atoms with Crippen molar-refractivity contribution in [2.45, 2.75) is 6.92 Å². The number of carboxylic acids is 1. The molecule has 0 radical (unpaired) electrons. The molecule has 0 saturated carbocycles. The third kappa shape index (κ3) is 4.49. The van der Waals surface area contributed by atoms with E-state index in [4.69, 9.17) is 15.1 Å². The molecule has 6 heteroatoms. The van der Waals surface area contributed by atoms with Gasteiger partial charge in [-0.05, 0) is 0 Å². The van der Waals surface area contributed by atoms with Gasteiger partial charge in [0.05, 0.1) is 12.5 Å². The number of carboxylic acid groups (broad SMARTS) is 1. The van der Waals surface area contributed by atoms with Crippen molar-refractivity contribution >= 4 is 13.3 Å². The first kappa shape index (κ1) is 11.6. The van der Waals surface area contributed by atoms with Crippen LogP contribution in [0.15, 0.2) is 0 Å². The third-order valence-electron chi connectivity index (χ3n) is 1.43. The van der Waals surface area contributed by atoms with E-state index in [1.165, 1.54) is 6.92 Å². The third-order valence-corrected chi connectivity index (χ3v) is 3.45. The number of carbonyl (C=O) groups is 1. The first-order chi connectivity index (χ1) is 5.39. The molecule has 0 aliphatic rings. The van der Waals surface area contributed by atoms with Crippen LogP contribution in [0.4, 0.5) is 0 Å². The van der Waals surface area contributed by atoms with Crippen molar-refractivity contribution < 1.29 is 24.5 Å². The Morgan fingerprint density at radius 3 is 2.42 bits per heavy atom. The summed E-state index contributed by atoms with van der Waals surface area (Å²) in [5.74, 6) is -1.94. The fraction of sp³-hybridized carbons (Fsp3) is 0.833. The highest BCUT2D eigenvalue weighted by molar-refractivity contribution is 7.58. The Morgan fingerprint density at radius 1 is 1.58 bits per heavy atom. The van der Waals surface area contributed by atoms with Crippen molar-refractivity contribution in [1.29, 1.82) is 0 Å². The monoisotopic (exact) mass is 196 g/mol. The first-order valence-electron chi connectivity index (χ1n) is 3.53. The van der Waals surface area contributed by atoms with Crippen LogP contribution in [-0.4, -0.2) is 40.0 Å². The summed E-state index contributed by atoms with van der Waals surface area (Å²) in [4.78, 5) is 19.4. The highest BCUT2D eigenvalue weighted by Gasteiger charge is 2.24. The van der Waals surface area contributed by atoms with E-state index >= 15 is 0 Å². The summed E-state index contributed by atoms with van der Waals surface area (Å²) >= 11 is 0. The Hall–Kier alpha value is -0.380. The van der Waals surface area contributed by atoms with Crippen molar-refractivity contribution in [1.82, 2.24) is 0 Å². The summed E-state index contributed by atoms with van der Waals surface area (Å²) in [6, 6.07) is 0. The van der Waals surface area contributed by atoms with E-state index < -0.39 is 19.3 Å². The molecular formula is C6H13O5P. The van der Waals surface area contributed by atoms with E-state index in [1.54, 1.807) is 0 Å². The second kappa shape index (κ2) is 4.60. The van der Waals surface area contributed by atoms with Gasteiger partial charge in [-0.15, -0.1) is 0 Å². The van der Waals surface area contributed by atoms with E-state index in [-0.39, 0.29) is 18.9 Å². The van der Waals surface area contributed by atoms with E-state index in [9.17, 15) is 9.36 Å². The molecule has 0 bridgehead atoms. The first-order valence-corrected chi connectivity index (χ1v) is 5.56. The summed E-state index contributed by atoms with van der Waals surface area (Å²) in [5, 5.41) is 16.8. The molecule has 0 fully saturated rings. The summed E-state index contributed by atoms with van der Waals surface area (Å²) in [6.07, 6.45) is -0.506. The molecule has 0 aromatic rings. The van der Waals surface area contributed by atoms with Crippen LogP contribution in [-0.2, 0) is 9.36 Å². The van der Waals surface area contributed by atoms with Crippen LogP contribution >= 0.6 is 7.37 Å². The number of hydrogen-bond acceptors (Lipinski definition) is 3. The molecular weight excluding hydrogens is 183 g/mol. The number of hydrogen-bond donors (Lipinski definition) is 3. The summed E-state index contributed by atoms with van der Waals surface area (Å²) in [7, 11) is -3.43. The minimum absolute atomic E-state index is 0.232. The smallest absolute Gasteiger partial charge is 0.306 e. The molecule has 12 heavy (non-hydrogen) atoms. The van der Waals surface area contributed by atoms with Crippen LogP contribution in [0.3, 0.4) is 0 Å². The Labute approximate surface area is 70.5 Å². The molecule has 5 nitrogen and oxygen atoms in total. The van der Waals surface area contributed by atoms with E-state index in [2.05, 4.69) is 0 Å². The molecule has 0 aliphatic carbocycles. The van der Waals surface area contributed by atoms with E-state index in [0.717, 1.165) is 0 Å². The van der Waals surface area contributed by atoms with Gasteiger partial charge in [0.15, 0.2) is 0 Å². The minimum atomic E-state index is -3.43. The number of aliphatic carboxylic acids is 1. The van der Waals surface area contributed by atoms with E-state index in [1.807, 2.05) is 0 Å². The standard InChI is InChI=1S/C6H13O5P/c1-5(6(8)9)4-12(10,11)3-2-7/h5,7H,2-4H2,1H3,(H,8,9)(H,10,11). The van der Waals surface area contributed by atoms with Crippen molar-refractivity contribution in [3.05, 3.63) is 0 Å². The lowest BCUT2D eigenvalue weighted by atomic mass is 10.2. The Balaban J connectivity index is 4.05. The zero-order chi connectivity index (χ0) is 9.78. The molecule has 0 aromatic heterocycles. The Bertz CT molecular complexity index is 202. The van der Waals surface area contributed by atoms with E-state index in [0.29, 0.717) is 0 Å². The highest BCUT2D eigenvalue weighted by atomic mass is 31.2. The highest BCUT2D eigenvalue weighted by Crippen LogP contribution is 2.41. The molecule has 0 rings (SSSR count). The second-order valence-corrected chi connectivity index (χ2v) is 5.22. The lowest BCUT2D eigenvalue weighted by Gasteiger charge is -2.12. The molecule has 72 valence electrons. The van der Waals surface area contributed by atoms with Gasteiger partial charge in [0, 0.05) is 12.3 Å². The van der Waals surface area contributed by atoms with Crippen LogP contribution < -0.4 is 0 Å². The Morgan fingerprint density at radius 2 is 2.08 bits per heavy atom. The van der Waals surface area contributed by atoms with Gasteiger partial charge in [0.2, 0.25) is 7.37 Å². The van der Waals surface area contributed by atoms with Crippen LogP contribution in [0.1, 0.15) is 6.92 Å². The predicted molar refractivity (Wildman–Crippen MR) is 43.4 cm³/mol. The van der Waals surface area contributed by atoms with Crippen LogP contribution in [0.5, 0.6) is 0 Å². The second-order valence-electron chi connectivity index (χ2n) is 2.72. The lowest BCUT2D eigenvalue weighted by molar-refractivity contribution is -0.140. The van der Waals surface area contributed by atoms with Gasteiger partial charge in [0.1, 0.15) is 0 Å². The van der Waals surface area contributed by atoms with Crippen LogP contribution in [0, 0.1) is 5.92 Å². The van der Waals surface area contributed by atoms with Gasteiger partial charge in [-0.25, -0.2) is 0 Å². The maximum atomic E-state index is 11.1. The van der Waals surface area contributed by atoms with Crippen molar-refractivity contribution in [2.24, 2.45) is 5.92 Å². The molecule has 3 N–H and O–H groups in total. The number of aliphatic hydroxyl groups excluding tert-OH is 1. The average molecular weight is 196 g/mol. The molecule has 2 atom stereocenters. The van der Waals surface area contributed by atoms with Crippen LogP contribution in [0.25, 0.3) is 0 Å². The molecule has 2 unspecified atom stereocenters. The molecule has 0 spiro atoms. The summed E-state index contributed by atoms with van der Waals surface area (Å²) in [6.45, 7) is 0.975. The quantitative estimate of drug-likeness (QED) is 0.536. The van der Waals surface area contributed by atoms with Gasteiger partial charge in [-0.3, -0.25) is 9.36 Å². The predicted octanol–water partition coefficient (Wildman–Crippen LogP) is -0.0302. The minimum Gasteiger partial charge on any atom is -0.481 e. The SMILES string of the molecule is CC(CP(=O)(O)CCO)C(=O)O. The fourth-order valence-electron chi connectivity index (χ4n) is 0.754. The van der Waals surface area contributed by atoms with Crippen molar-refractivity contribution in [2.75, 3.05) is 18.9 Å². The Kier molecular flexibility index (Phi) is 4.45. The maximum absolute atomic E-state index is 11.1. The number of aliphatic hydroxyl groups is 1. The number of rotatable bonds is 5. The fourth-order valence-corrected chi connectivity index (χ4v) is 2.26. The van der Waals surface area contributed by atoms with Gasteiger partial charge < -0.3 is 15.1 Å². The van der Waals surface area contributed by atoms with Crippen molar-refractivity contribution in [3.8, 4) is 0 Å². The molecule has 0 aliphatic heterocycles. The summed E-state index contributed by atoms with van der Waals surface area (Å²) in [5.41, 5.74) is 0. The molecule has 0 saturated heterocycles. The zero-order valence-corrected chi connectivity index (χ0v) is 7.70. The van der Waals surface area contributed by atoms with Gasteiger partial charge in [-0.1, -0.05) is 6.92 Å².